The number of pyridine rings is 1. The molecule has 5 heteroatoms. The van der Waals surface area contributed by atoms with Crippen molar-refractivity contribution in [2.45, 2.75) is 6.04 Å². The highest BCUT2D eigenvalue weighted by Crippen LogP contribution is 2.27. The second kappa shape index (κ2) is 5.57. The first-order chi connectivity index (χ1) is 7.83. The van der Waals surface area contributed by atoms with E-state index in [2.05, 4.69) is 15.2 Å². The average Bonchev–Trinajstić information content (AvgIpc) is 2.34. The van der Waals surface area contributed by atoms with Gasteiger partial charge in [0.05, 0.1) is 11.1 Å². The molecule has 2 heterocycles. The smallest absolute Gasteiger partial charge is 0.109 e. The van der Waals surface area contributed by atoms with E-state index in [4.69, 9.17) is 11.6 Å². The molecule has 1 atom stereocenters. The summed E-state index contributed by atoms with van der Waals surface area (Å²) in [5.41, 5.74) is 0.834. The fourth-order valence-corrected chi connectivity index (χ4v) is 2.27. The van der Waals surface area contributed by atoms with E-state index in [-0.39, 0.29) is 6.04 Å². The lowest BCUT2D eigenvalue weighted by molar-refractivity contribution is 0.147. The minimum absolute atomic E-state index is 0.238. The third kappa shape index (κ3) is 2.51. The molecule has 0 saturated carbocycles. The highest BCUT2D eigenvalue weighted by atomic mass is 35.5. The first kappa shape index (κ1) is 11.8. The van der Waals surface area contributed by atoms with Crippen LogP contribution >= 0.6 is 11.6 Å². The molecule has 1 aliphatic heterocycles. The molecule has 1 N–H and O–H groups in total. The highest BCUT2D eigenvalue weighted by molar-refractivity contribution is 6.31. The van der Waals surface area contributed by atoms with Crippen LogP contribution in [0.1, 0.15) is 11.6 Å². The summed E-state index contributed by atoms with van der Waals surface area (Å²) in [5.74, 6) is 0. The number of rotatable bonds is 3. The summed E-state index contributed by atoms with van der Waals surface area (Å²) in [6.45, 7) is 3.10. The van der Waals surface area contributed by atoms with Crippen LogP contribution < -0.4 is 5.32 Å². The fourth-order valence-electron chi connectivity index (χ4n) is 2.03. The minimum atomic E-state index is -0.413. The highest BCUT2D eigenvalue weighted by Gasteiger charge is 2.23. The van der Waals surface area contributed by atoms with Crippen LogP contribution in [0.4, 0.5) is 4.39 Å². The van der Waals surface area contributed by atoms with E-state index in [9.17, 15) is 4.39 Å². The van der Waals surface area contributed by atoms with Crippen molar-refractivity contribution in [1.29, 1.82) is 0 Å². The Morgan fingerprint density at radius 3 is 2.88 bits per heavy atom. The van der Waals surface area contributed by atoms with Crippen LogP contribution in [0.3, 0.4) is 0 Å². The third-order valence-electron chi connectivity index (χ3n) is 2.90. The zero-order valence-electron chi connectivity index (χ0n) is 9.00. The molecule has 0 spiro atoms. The number of piperazine rings is 1. The van der Waals surface area contributed by atoms with Crippen molar-refractivity contribution < 1.29 is 4.39 Å². The Bertz CT molecular complexity index is 342. The number of nitrogens with one attached hydrogen (secondary N) is 1. The van der Waals surface area contributed by atoms with Crippen molar-refractivity contribution in [3.63, 3.8) is 0 Å². The van der Waals surface area contributed by atoms with Gasteiger partial charge in [-0.25, -0.2) is 4.39 Å². The Hall–Kier alpha value is -0.710. The lowest BCUT2D eigenvalue weighted by Crippen LogP contribution is -2.45. The van der Waals surface area contributed by atoms with Crippen molar-refractivity contribution in [2.24, 2.45) is 0 Å². The van der Waals surface area contributed by atoms with E-state index in [1.807, 2.05) is 0 Å². The van der Waals surface area contributed by atoms with Crippen LogP contribution in [0.5, 0.6) is 0 Å². The van der Waals surface area contributed by atoms with Crippen LogP contribution in [-0.2, 0) is 0 Å². The number of aromatic nitrogens is 1. The monoisotopic (exact) mass is 243 g/mol. The maximum atomic E-state index is 13.2. The van der Waals surface area contributed by atoms with Crippen LogP contribution in [0.15, 0.2) is 18.5 Å². The molecule has 0 bridgehead atoms. The average molecular weight is 244 g/mol. The SMILES string of the molecule is FC[C@H](c1ccncc1Cl)N1CCNCC1. The molecule has 0 radical (unpaired) electrons. The Balaban J connectivity index is 2.18. The lowest BCUT2D eigenvalue weighted by Gasteiger charge is -2.33. The first-order valence-electron chi connectivity index (χ1n) is 5.43. The zero-order valence-corrected chi connectivity index (χ0v) is 9.75. The molecule has 1 aromatic rings. The topological polar surface area (TPSA) is 28.2 Å². The Morgan fingerprint density at radius 1 is 1.50 bits per heavy atom. The van der Waals surface area contributed by atoms with Crippen molar-refractivity contribution in [2.75, 3.05) is 32.9 Å². The molecule has 1 aromatic heterocycles. The van der Waals surface area contributed by atoms with Gasteiger partial charge in [0.15, 0.2) is 0 Å². The minimum Gasteiger partial charge on any atom is -0.314 e. The predicted octanol–water partition coefficient (Wildman–Crippen LogP) is 1.65. The van der Waals surface area contributed by atoms with Gasteiger partial charge in [-0.1, -0.05) is 11.6 Å². The molecule has 16 heavy (non-hydrogen) atoms. The first-order valence-corrected chi connectivity index (χ1v) is 5.81. The predicted molar refractivity (Wildman–Crippen MR) is 62.4 cm³/mol. The Kier molecular flexibility index (Phi) is 4.09. The molecule has 2 rings (SSSR count). The molecule has 0 amide bonds. The molecule has 1 aliphatic rings. The summed E-state index contributed by atoms with van der Waals surface area (Å²) >= 11 is 6.05. The van der Waals surface area contributed by atoms with E-state index < -0.39 is 6.67 Å². The second-order valence-electron chi connectivity index (χ2n) is 3.85. The van der Waals surface area contributed by atoms with Crippen LogP contribution in [0.25, 0.3) is 0 Å². The van der Waals surface area contributed by atoms with Crippen LogP contribution in [-0.4, -0.2) is 42.7 Å². The standard InChI is InChI=1S/C11H15ClFN3/c12-10-8-15-2-1-9(10)11(7-13)16-5-3-14-4-6-16/h1-2,8,11,14H,3-7H2/t11-/m1/s1. The van der Waals surface area contributed by atoms with Crippen molar-refractivity contribution in [3.05, 3.63) is 29.0 Å². The van der Waals surface area contributed by atoms with Gasteiger partial charge in [0, 0.05) is 38.6 Å². The molecular formula is C11H15ClFN3. The van der Waals surface area contributed by atoms with Gasteiger partial charge in [0.1, 0.15) is 6.67 Å². The van der Waals surface area contributed by atoms with Gasteiger partial charge < -0.3 is 5.32 Å². The molecule has 3 nitrogen and oxygen atoms in total. The summed E-state index contributed by atoms with van der Waals surface area (Å²) in [5, 5.41) is 3.80. The zero-order chi connectivity index (χ0) is 11.4. The van der Waals surface area contributed by atoms with E-state index >= 15 is 0 Å². The van der Waals surface area contributed by atoms with E-state index in [1.165, 1.54) is 0 Å². The number of halogens is 2. The number of hydrogen-bond acceptors (Lipinski definition) is 3. The van der Waals surface area contributed by atoms with Gasteiger partial charge in [-0.3, -0.25) is 9.88 Å². The normalized spacial score (nSPS) is 19.6. The maximum Gasteiger partial charge on any atom is 0.109 e. The van der Waals surface area contributed by atoms with Crippen molar-refractivity contribution >= 4 is 11.6 Å². The van der Waals surface area contributed by atoms with Gasteiger partial charge in [-0.2, -0.15) is 0 Å². The Labute approximate surface area is 99.6 Å². The largest absolute Gasteiger partial charge is 0.314 e. The summed E-state index contributed by atoms with van der Waals surface area (Å²) in [6.07, 6.45) is 3.23. The maximum absolute atomic E-state index is 13.2. The lowest BCUT2D eigenvalue weighted by atomic mass is 10.1. The summed E-state index contributed by atoms with van der Waals surface area (Å²) in [4.78, 5) is 6.04. The van der Waals surface area contributed by atoms with Gasteiger partial charge in [-0.15, -0.1) is 0 Å². The quantitative estimate of drug-likeness (QED) is 0.875. The molecule has 1 fully saturated rings. The molecule has 1 saturated heterocycles. The van der Waals surface area contributed by atoms with Crippen LogP contribution in [0.2, 0.25) is 5.02 Å². The van der Waals surface area contributed by atoms with Crippen molar-refractivity contribution in [1.82, 2.24) is 15.2 Å². The summed E-state index contributed by atoms with van der Waals surface area (Å²) in [7, 11) is 0. The Morgan fingerprint density at radius 2 is 2.25 bits per heavy atom. The molecule has 0 unspecified atom stereocenters. The van der Waals surface area contributed by atoms with Crippen LogP contribution in [0, 0.1) is 0 Å². The van der Waals surface area contributed by atoms with Gasteiger partial charge in [-0.05, 0) is 11.6 Å². The number of hydrogen-bond donors (Lipinski definition) is 1. The van der Waals surface area contributed by atoms with Crippen molar-refractivity contribution in [3.8, 4) is 0 Å². The number of nitrogens with zero attached hydrogens (tertiary/aromatic N) is 2. The molecule has 0 aromatic carbocycles. The summed E-state index contributed by atoms with van der Waals surface area (Å²) in [6, 6.07) is 1.56. The summed E-state index contributed by atoms with van der Waals surface area (Å²) < 4.78 is 13.2. The second-order valence-corrected chi connectivity index (χ2v) is 4.26. The van der Waals surface area contributed by atoms with Gasteiger partial charge in [0.25, 0.3) is 0 Å². The number of alkyl halides is 1. The molecule has 88 valence electrons. The third-order valence-corrected chi connectivity index (χ3v) is 3.22. The molecular weight excluding hydrogens is 229 g/mol. The van der Waals surface area contributed by atoms with E-state index in [0.717, 1.165) is 31.7 Å². The van der Waals surface area contributed by atoms with E-state index in [0.29, 0.717) is 5.02 Å². The van der Waals surface area contributed by atoms with E-state index in [1.54, 1.807) is 18.5 Å². The van der Waals surface area contributed by atoms with Gasteiger partial charge in [0.2, 0.25) is 0 Å². The van der Waals surface area contributed by atoms with Gasteiger partial charge >= 0.3 is 0 Å². The fraction of sp³-hybridized carbons (Fsp3) is 0.545. The molecule has 0 aliphatic carbocycles.